The van der Waals surface area contributed by atoms with Crippen LogP contribution in [0.3, 0.4) is 0 Å². The zero-order valence-electron chi connectivity index (χ0n) is 22.2. The maximum atomic E-state index is 12.9. The molecule has 0 radical (unpaired) electrons. The Balaban J connectivity index is 1.13. The smallest absolute Gasteiger partial charge is 0.260 e. The number of ether oxygens (including phenoxy) is 1. The van der Waals surface area contributed by atoms with E-state index >= 15 is 0 Å². The van der Waals surface area contributed by atoms with Crippen LogP contribution >= 0.6 is 0 Å². The maximum absolute atomic E-state index is 12.9. The third kappa shape index (κ3) is 7.06. The molecule has 1 aliphatic heterocycles. The van der Waals surface area contributed by atoms with E-state index in [0.29, 0.717) is 18.8 Å². The molecule has 5 rings (SSSR count). The molecule has 0 aromatic heterocycles. The summed E-state index contributed by atoms with van der Waals surface area (Å²) in [4.78, 5) is 17.4. The summed E-state index contributed by atoms with van der Waals surface area (Å²) in [7, 11) is -3.56. The highest BCUT2D eigenvalue weighted by Gasteiger charge is 2.28. The van der Waals surface area contributed by atoms with Crippen molar-refractivity contribution in [1.29, 1.82) is 0 Å². The van der Waals surface area contributed by atoms with E-state index in [4.69, 9.17) is 4.74 Å². The first-order chi connectivity index (χ1) is 19.0. The Morgan fingerprint density at radius 1 is 0.795 bits per heavy atom. The molecular formula is C31H37N3O4S. The second-order valence-electron chi connectivity index (χ2n) is 10.4. The highest BCUT2D eigenvalue weighted by molar-refractivity contribution is 7.89. The van der Waals surface area contributed by atoms with E-state index in [2.05, 4.69) is 58.2 Å². The van der Waals surface area contributed by atoms with Crippen LogP contribution in [0.15, 0.2) is 89.8 Å². The molecule has 1 amide bonds. The minimum absolute atomic E-state index is 0.00781. The number of carbonyl (C=O) groups is 1. The Morgan fingerprint density at radius 2 is 1.36 bits per heavy atom. The Bertz CT molecular complexity index is 1260. The predicted octanol–water partition coefficient (Wildman–Crippen LogP) is 4.61. The van der Waals surface area contributed by atoms with E-state index in [1.54, 1.807) is 12.1 Å². The average Bonchev–Trinajstić information content (AvgIpc) is 2.98. The van der Waals surface area contributed by atoms with Crippen molar-refractivity contribution in [2.75, 3.05) is 32.8 Å². The fraction of sp³-hybridized carbons (Fsp3) is 0.387. The summed E-state index contributed by atoms with van der Waals surface area (Å²) in [5, 5.41) is 0. The van der Waals surface area contributed by atoms with Crippen LogP contribution in [-0.2, 0) is 14.8 Å². The lowest BCUT2D eigenvalue weighted by Crippen LogP contribution is -2.51. The second kappa shape index (κ2) is 12.8. The molecule has 1 aliphatic carbocycles. The number of hydrogen-bond acceptors (Lipinski definition) is 5. The van der Waals surface area contributed by atoms with Crippen molar-refractivity contribution in [2.24, 2.45) is 0 Å². The summed E-state index contributed by atoms with van der Waals surface area (Å²) in [5.41, 5.74) is 2.48. The Kier molecular flexibility index (Phi) is 8.96. The number of amides is 1. The highest BCUT2D eigenvalue weighted by Crippen LogP contribution is 2.29. The molecule has 3 aromatic carbocycles. The first-order valence-electron chi connectivity index (χ1n) is 13.9. The van der Waals surface area contributed by atoms with Gasteiger partial charge >= 0.3 is 0 Å². The van der Waals surface area contributed by atoms with Crippen LogP contribution in [0.2, 0.25) is 0 Å². The van der Waals surface area contributed by atoms with Crippen LogP contribution in [0.4, 0.5) is 0 Å². The molecule has 1 heterocycles. The molecule has 0 unspecified atom stereocenters. The van der Waals surface area contributed by atoms with Gasteiger partial charge in [-0.05, 0) is 48.2 Å². The largest absolute Gasteiger partial charge is 0.484 e. The van der Waals surface area contributed by atoms with Gasteiger partial charge in [0, 0.05) is 32.2 Å². The molecule has 1 saturated carbocycles. The molecule has 0 spiro atoms. The van der Waals surface area contributed by atoms with Gasteiger partial charge in [-0.1, -0.05) is 79.9 Å². The quantitative estimate of drug-likeness (QED) is 0.423. The van der Waals surface area contributed by atoms with Crippen LogP contribution in [0, 0.1) is 0 Å². The van der Waals surface area contributed by atoms with Gasteiger partial charge in [0.2, 0.25) is 10.0 Å². The third-order valence-corrected chi connectivity index (χ3v) is 9.22. The molecular weight excluding hydrogens is 510 g/mol. The van der Waals surface area contributed by atoms with Crippen molar-refractivity contribution in [3.05, 3.63) is 96.1 Å². The van der Waals surface area contributed by atoms with Crippen molar-refractivity contribution in [3.63, 3.8) is 0 Å². The summed E-state index contributed by atoms with van der Waals surface area (Å²) in [6.07, 6.45) is 5.06. The highest BCUT2D eigenvalue weighted by atomic mass is 32.2. The maximum Gasteiger partial charge on any atom is 0.260 e. The van der Waals surface area contributed by atoms with Gasteiger partial charge in [0.25, 0.3) is 5.91 Å². The summed E-state index contributed by atoms with van der Waals surface area (Å²) in [6, 6.07) is 27.4. The zero-order valence-corrected chi connectivity index (χ0v) is 23.1. The van der Waals surface area contributed by atoms with Crippen LogP contribution in [0.5, 0.6) is 5.75 Å². The predicted molar refractivity (Wildman–Crippen MR) is 152 cm³/mol. The fourth-order valence-electron chi connectivity index (χ4n) is 5.57. The van der Waals surface area contributed by atoms with Crippen molar-refractivity contribution < 1.29 is 17.9 Å². The summed E-state index contributed by atoms with van der Waals surface area (Å²) in [5.74, 6) is 0.410. The lowest BCUT2D eigenvalue weighted by Gasteiger charge is -2.39. The van der Waals surface area contributed by atoms with Crippen molar-refractivity contribution in [2.45, 2.75) is 49.1 Å². The van der Waals surface area contributed by atoms with Gasteiger partial charge in [-0.2, -0.15) is 0 Å². The number of carbonyl (C=O) groups excluding carboxylic acids is 1. The second-order valence-corrected chi connectivity index (χ2v) is 12.1. The molecule has 7 nitrogen and oxygen atoms in total. The third-order valence-electron chi connectivity index (χ3n) is 7.69. The van der Waals surface area contributed by atoms with Gasteiger partial charge in [-0.3, -0.25) is 9.69 Å². The molecule has 0 bridgehead atoms. The first kappa shape index (κ1) is 27.4. The van der Waals surface area contributed by atoms with Crippen molar-refractivity contribution >= 4 is 15.9 Å². The van der Waals surface area contributed by atoms with Gasteiger partial charge in [0.05, 0.1) is 10.9 Å². The van der Waals surface area contributed by atoms with E-state index < -0.39 is 10.0 Å². The number of hydrogen-bond donors (Lipinski definition) is 1. The minimum atomic E-state index is -3.56. The van der Waals surface area contributed by atoms with E-state index in [9.17, 15) is 13.2 Å². The molecule has 8 heteroatoms. The van der Waals surface area contributed by atoms with Gasteiger partial charge in [-0.25, -0.2) is 13.1 Å². The molecule has 1 N–H and O–H groups in total. The SMILES string of the molecule is O=C(COc1ccc(S(=O)(=O)NC2CCCCC2)cc1)N1CCN(C(c2ccccc2)c2ccccc2)CC1. The van der Waals surface area contributed by atoms with Gasteiger partial charge < -0.3 is 9.64 Å². The number of nitrogens with one attached hydrogen (secondary N) is 1. The average molecular weight is 548 g/mol. The van der Waals surface area contributed by atoms with E-state index in [-0.39, 0.29) is 29.5 Å². The van der Waals surface area contributed by atoms with Gasteiger partial charge in [0.15, 0.2) is 6.61 Å². The van der Waals surface area contributed by atoms with Gasteiger partial charge in [-0.15, -0.1) is 0 Å². The molecule has 39 heavy (non-hydrogen) atoms. The van der Waals surface area contributed by atoms with Crippen LogP contribution in [0.25, 0.3) is 0 Å². The normalized spacial score (nSPS) is 17.3. The van der Waals surface area contributed by atoms with E-state index in [1.165, 1.54) is 29.7 Å². The molecule has 3 aromatic rings. The van der Waals surface area contributed by atoms with Crippen LogP contribution in [0.1, 0.15) is 49.3 Å². The minimum Gasteiger partial charge on any atom is -0.484 e. The first-order valence-corrected chi connectivity index (χ1v) is 15.3. The summed E-state index contributed by atoms with van der Waals surface area (Å²) < 4.78 is 34.0. The zero-order chi connectivity index (χ0) is 27.1. The topological polar surface area (TPSA) is 78.9 Å². The Labute approximate surface area is 231 Å². The lowest BCUT2D eigenvalue weighted by atomic mass is 9.96. The van der Waals surface area contributed by atoms with Crippen molar-refractivity contribution in [3.8, 4) is 5.75 Å². The Hall–Kier alpha value is -3.20. The molecule has 206 valence electrons. The molecule has 2 fully saturated rings. The number of nitrogens with zero attached hydrogens (tertiary/aromatic N) is 2. The summed E-state index contributed by atoms with van der Waals surface area (Å²) >= 11 is 0. The number of sulfonamides is 1. The monoisotopic (exact) mass is 547 g/mol. The standard InChI is InChI=1S/C31H37N3O4S/c35-30(24-38-28-16-18-29(19-17-28)39(36,37)32-27-14-8-3-9-15-27)33-20-22-34(23-21-33)31(25-10-4-1-5-11-25)26-12-6-2-7-13-26/h1-2,4-7,10-13,16-19,27,31-32H,3,8-9,14-15,20-24H2. The lowest BCUT2D eigenvalue weighted by molar-refractivity contribution is -0.135. The van der Waals surface area contributed by atoms with Crippen LogP contribution in [-0.4, -0.2) is 63.0 Å². The van der Waals surface area contributed by atoms with Gasteiger partial charge in [0.1, 0.15) is 5.75 Å². The van der Waals surface area contributed by atoms with E-state index in [0.717, 1.165) is 38.8 Å². The Morgan fingerprint density at radius 3 is 1.92 bits per heavy atom. The van der Waals surface area contributed by atoms with Crippen molar-refractivity contribution in [1.82, 2.24) is 14.5 Å². The molecule has 2 aliphatic rings. The number of benzene rings is 3. The van der Waals surface area contributed by atoms with Crippen LogP contribution < -0.4 is 9.46 Å². The molecule has 0 atom stereocenters. The fourth-order valence-corrected chi connectivity index (χ4v) is 6.88. The van der Waals surface area contributed by atoms with E-state index in [1.807, 2.05) is 17.0 Å². The molecule has 1 saturated heterocycles. The number of rotatable bonds is 9. The summed E-state index contributed by atoms with van der Waals surface area (Å²) in [6.45, 7) is 2.71. The number of piperazine rings is 1.